The Morgan fingerprint density at radius 2 is 1.88 bits per heavy atom. The summed E-state index contributed by atoms with van der Waals surface area (Å²) in [5, 5.41) is 16.0. The normalized spacial score (nSPS) is 10.3. The summed E-state index contributed by atoms with van der Waals surface area (Å²) in [5.74, 6) is 1.90. The van der Waals surface area contributed by atoms with E-state index in [1.165, 1.54) is 24.3 Å². The minimum Gasteiger partial charge on any atom is -0.468 e. The minimum atomic E-state index is -0.529. The molecule has 0 bridgehead atoms. The van der Waals surface area contributed by atoms with Gasteiger partial charge in [0.05, 0.1) is 16.9 Å². The lowest BCUT2D eigenvalue weighted by Gasteiger charge is -2.06. The van der Waals surface area contributed by atoms with Gasteiger partial charge in [0.15, 0.2) is 0 Å². The number of nitrogens with zero attached hydrogens (tertiary/aromatic N) is 1. The van der Waals surface area contributed by atoms with Crippen molar-refractivity contribution in [2.45, 2.75) is 12.2 Å². The van der Waals surface area contributed by atoms with Crippen molar-refractivity contribution >= 4 is 29.3 Å². The molecule has 0 aliphatic rings. The Bertz CT molecular complexity index is 731. The molecule has 138 valence electrons. The van der Waals surface area contributed by atoms with Gasteiger partial charge < -0.3 is 15.1 Å². The highest BCUT2D eigenvalue weighted by atomic mass is 32.2. The summed E-state index contributed by atoms with van der Waals surface area (Å²) in [6.45, 7) is 0.738. The molecule has 0 unspecified atom stereocenters. The number of rotatable bonds is 10. The number of non-ortho nitro benzene ring substituents is 1. The van der Waals surface area contributed by atoms with Crippen LogP contribution in [0.15, 0.2) is 47.1 Å². The predicted octanol–water partition coefficient (Wildman–Crippen LogP) is 2.36. The van der Waals surface area contributed by atoms with E-state index in [0.29, 0.717) is 12.1 Å². The van der Waals surface area contributed by atoms with Gasteiger partial charge in [-0.3, -0.25) is 19.7 Å². The quantitative estimate of drug-likeness (QED) is 0.373. The molecule has 0 saturated heterocycles. The smallest absolute Gasteiger partial charge is 0.269 e. The van der Waals surface area contributed by atoms with Gasteiger partial charge >= 0.3 is 0 Å². The molecular formula is C17H19N3O5S. The zero-order valence-electron chi connectivity index (χ0n) is 14.0. The molecule has 8 nitrogen and oxygen atoms in total. The molecule has 9 heteroatoms. The van der Waals surface area contributed by atoms with E-state index in [2.05, 4.69) is 10.6 Å². The van der Waals surface area contributed by atoms with Crippen LogP contribution in [0.1, 0.15) is 22.5 Å². The summed E-state index contributed by atoms with van der Waals surface area (Å²) in [7, 11) is 0. The summed E-state index contributed by atoms with van der Waals surface area (Å²) in [6.07, 6.45) is 1.80. The van der Waals surface area contributed by atoms with E-state index in [1.54, 1.807) is 18.0 Å². The third kappa shape index (κ3) is 6.60. The number of benzene rings is 1. The highest BCUT2D eigenvalue weighted by molar-refractivity contribution is 7.98. The largest absolute Gasteiger partial charge is 0.468 e. The van der Waals surface area contributed by atoms with Gasteiger partial charge in [0.1, 0.15) is 5.76 Å². The molecular weight excluding hydrogens is 358 g/mol. The first-order chi connectivity index (χ1) is 12.6. The summed E-state index contributed by atoms with van der Waals surface area (Å²) >= 11 is 1.66. The highest BCUT2D eigenvalue weighted by Gasteiger charge is 2.09. The van der Waals surface area contributed by atoms with Gasteiger partial charge in [0.2, 0.25) is 5.91 Å². The number of furan rings is 1. The van der Waals surface area contributed by atoms with Crippen LogP contribution in [0.5, 0.6) is 0 Å². The number of hydrogen-bond acceptors (Lipinski definition) is 6. The van der Waals surface area contributed by atoms with Crippen LogP contribution in [-0.4, -0.2) is 35.6 Å². The maximum atomic E-state index is 11.9. The van der Waals surface area contributed by atoms with E-state index in [9.17, 15) is 19.7 Å². The van der Waals surface area contributed by atoms with Gasteiger partial charge in [0, 0.05) is 43.0 Å². The molecule has 0 aliphatic carbocycles. The summed E-state index contributed by atoms with van der Waals surface area (Å²) in [4.78, 5) is 33.6. The van der Waals surface area contributed by atoms with E-state index in [4.69, 9.17) is 4.42 Å². The Balaban J connectivity index is 1.57. The molecule has 2 aromatic rings. The van der Waals surface area contributed by atoms with Gasteiger partial charge in [-0.2, -0.15) is 11.8 Å². The maximum Gasteiger partial charge on any atom is 0.269 e. The fraction of sp³-hybridized carbons (Fsp3) is 0.294. The molecule has 0 aliphatic heterocycles. The van der Waals surface area contributed by atoms with E-state index in [-0.39, 0.29) is 30.5 Å². The van der Waals surface area contributed by atoms with Crippen molar-refractivity contribution in [3.8, 4) is 0 Å². The second-order valence-electron chi connectivity index (χ2n) is 5.29. The van der Waals surface area contributed by atoms with Gasteiger partial charge in [-0.15, -0.1) is 0 Å². The third-order valence-electron chi connectivity index (χ3n) is 3.37. The van der Waals surface area contributed by atoms with Crippen LogP contribution in [0.4, 0.5) is 5.69 Å². The van der Waals surface area contributed by atoms with Crippen LogP contribution in [0, 0.1) is 10.1 Å². The van der Waals surface area contributed by atoms with Crippen molar-refractivity contribution < 1.29 is 18.9 Å². The number of carbonyl (C=O) groups excluding carboxylic acids is 2. The number of hydrogen-bond donors (Lipinski definition) is 2. The molecule has 0 radical (unpaired) electrons. The van der Waals surface area contributed by atoms with Crippen molar-refractivity contribution in [1.82, 2.24) is 10.6 Å². The number of nitro groups is 1. The van der Waals surface area contributed by atoms with Crippen LogP contribution in [0.3, 0.4) is 0 Å². The summed E-state index contributed by atoms with van der Waals surface area (Å²) in [6, 6.07) is 9.03. The number of nitro benzene ring substituents is 1. The first-order valence-electron chi connectivity index (χ1n) is 7.96. The second-order valence-corrected chi connectivity index (χ2v) is 6.40. The Labute approximate surface area is 154 Å². The van der Waals surface area contributed by atoms with E-state index in [0.717, 1.165) is 17.3 Å². The fourth-order valence-corrected chi connectivity index (χ4v) is 2.80. The SMILES string of the molecule is O=C(CCNC(=O)c1ccc([N+](=O)[O-])cc1)NCCSCc1ccco1. The van der Waals surface area contributed by atoms with Crippen LogP contribution < -0.4 is 10.6 Å². The first kappa shape index (κ1) is 19.5. The lowest BCUT2D eigenvalue weighted by atomic mass is 10.2. The highest BCUT2D eigenvalue weighted by Crippen LogP contribution is 2.12. The zero-order chi connectivity index (χ0) is 18.8. The summed E-state index contributed by atoms with van der Waals surface area (Å²) in [5.41, 5.74) is 0.233. The lowest BCUT2D eigenvalue weighted by molar-refractivity contribution is -0.384. The standard InChI is InChI=1S/C17H19N3O5S/c21-16(18-9-11-26-12-15-2-1-10-25-15)7-8-19-17(22)13-3-5-14(6-4-13)20(23)24/h1-6,10H,7-9,11-12H2,(H,18,21)(H,19,22). The van der Waals surface area contributed by atoms with Crippen molar-refractivity contribution in [2.75, 3.05) is 18.8 Å². The second kappa shape index (κ2) is 10.2. The van der Waals surface area contributed by atoms with E-state index in [1.807, 2.05) is 12.1 Å². The number of thioether (sulfide) groups is 1. The van der Waals surface area contributed by atoms with Crippen LogP contribution in [0.2, 0.25) is 0 Å². The number of carbonyl (C=O) groups is 2. The fourth-order valence-electron chi connectivity index (χ4n) is 2.04. The molecule has 1 heterocycles. The van der Waals surface area contributed by atoms with Crippen LogP contribution in [0.25, 0.3) is 0 Å². The Morgan fingerprint density at radius 1 is 1.12 bits per heavy atom. The molecule has 1 aromatic carbocycles. The van der Waals surface area contributed by atoms with E-state index < -0.39 is 4.92 Å². The average molecular weight is 377 g/mol. The summed E-state index contributed by atoms with van der Waals surface area (Å²) < 4.78 is 5.21. The van der Waals surface area contributed by atoms with Crippen molar-refractivity contribution in [2.24, 2.45) is 0 Å². The number of amides is 2. The molecule has 2 amide bonds. The van der Waals surface area contributed by atoms with Gasteiger partial charge in [-0.1, -0.05) is 0 Å². The van der Waals surface area contributed by atoms with Gasteiger partial charge in [-0.25, -0.2) is 0 Å². The molecule has 2 rings (SSSR count). The van der Waals surface area contributed by atoms with Crippen LogP contribution in [-0.2, 0) is 10.5 Å². The molecule has 2 N–H and O–H groups in total. The van der Waals surface area contributed by atoms with Crippen molar-refractivity contribution in [3.63, 3.8) is 0 Å². The zero-order valence-corrected chi connectivity index (χ0v) is 14.8. The Kier molecular flexibility index (Phi) is 7.69. The molecule has 0 spiro atoms. The number of nitrogens with one attached hydrogen (secondary N) is 2. The average Bonchev–Trinajstić information content (AvgIpc) is 3.15. The topological polar surface area (TPSA) is 114 Å². The lowest BCUT2D eigenvalue weighted by Crippen LogP contribution is -2.31. The Morgan fingerprint density at radius 3 is 2.54 bits per heavy atom. The first-order valence-corrected chi connectivity index (χ1v) is 9.11. The third-order valence-corrected chi connectivity index (χ3v) is 4.35. The van der Waals surface area contributed by atoms with Crippen LogP contribution >= 0.6 is 11.8 Å². The molecule has 0 saturated carbocycles. The molecule has 1 aromatic heterocycles. The molecule has 0 atom stereocenters. The van der Waals surface area contributed by atoms with E-state index >= 15 is 0 Å². The molecule has 0 fully saturated rings. The van der Waals surface area contributed by atoms with Gasteiger partial charge in [0.25, 0.3) is 11.6 Å². The molecule has 26 heavy (non-hydrogen) atoms. The van der Waals surface area contributed by atoms with Crippen molar-refractivity contribution in [3.05, 3.63) is 64.1 Å². The monoisotopic (exact) mass is 377 g/mol. The predicted molar refractivity (Wildman–Crippen MR) is 97.9 cm³/mol. The maximum absolute atomic E-state index is 11.9. The van der Waals surface area contributed by atoms with Crippen molar-refractivity contribution in [1.29, 1.82) is 0 Å². The van der Waals surface area contributed by atoms with Gasteiger partial charge in [-0.05, 0) is 24.3 Å². The Hall–Kier alpha value is -2.81. The minimum absolute atomic E-state index is 0.0779.